The summed E-state index contributed by atoms with van der Waals surface area (Å²) in [6, 6.07) is 6.49. The van der Waals surface area contributed by atoms with Crippen molar-refractivity contribution in [3.8, 4) is 0 Å². The van der Waals surface area contributed by atoms with Crippen LogP contribution in [0.3, 0.4) is 0 Å². The molecule has 3 N–H and O–H groups in total. The normalized spacial score (nSPS) is 23.4. The summed E-state index contributed by atoms with van der Waals surface area (Å²) in [4.78, 5) is 0. The highest BCUT2D eigenvalue weighted by atomic mass is 79.9. The molecule has 0 amide bonds. The lowest BCUT2D eigenvalue weighted by Crippen LogP contribution is -2.45. The van der Waals surface area contributed by atoms with Gasteiger partial charge in [-0.15, -0.1) is 0 Å². The molecule has 0 bridgehead atoms. The highest BCUT2D eigenvalue weighted by Crippen LogP contribution is 2.25. The van der Waals surface area contributed by atoms with Crippen LogP contribution >= 0.6 is 15.9 Å². The van der Waals surface area contributed by atoms with Crippen molar-refractivity contribution in [1.82, 2.24) is 5.32 Å². The fraction of sp³-hybridized carbons (Fsp3) is 0.538. The number of rotatable bonds is 5. The molecule has 0 aromatic heterocycles. The predicted octanol–water partition coefficient (Wildman–Crippen LogP) is 2.69. The Hall–Kier alpha value is -0.580. The Labute approximate surface area is 111 Å². The topological polar surface area (TPSA) is 47.3 Å². The fourth-order valence-corrected chi connectivity index (χ4v) is 2.48. The molecular weight excluding hydrogens is 280 g/mol. The summed E-state index contributed by atoms with van der Waals surface area (Å²) in [6.45, 7) is 3.72. The molecule has 1 aliphatic carbocycles. The van der Waals surface area contributed by atoms with Crippen molar-refractivity contribution in [2.24, 2.45) is 0 Å². The third kappa shape index (κ3) is 3.44. The average Bonchev–Trinajstić information content (AvgIpc) is 2.26. The molecule has 3 nitrogen and oxygen atoms in total. The van der Waals surface area contributed by atoms with Gasteiger partial charge in [-0.2, -0.15) is 0 Å². The summed E-state index contributed by atoms with van der Waals surface area (Å²) in [5.41, 5.74) is 7.80. The van der Waals surface area contributed by atoms with Crippen LogP contribution in [0.5, 0.6) is 0 Å². The number of nitrogens with two attached hydrogens (primary N) is 1. The highest BCUT2D eigenvalue weighted by Gasteiger charge is 2.28. The molecule has 0 saturated heterocycles. The van der Waals surface area contributed by atoms with Gasteiger partial charge >= 0.3 is 0 Å². The Balaban J connectivity index is 1.77. The summed E-state index contributed by atoms with van der Waals surface area (Å²) < 4.78 is 6.64. The number of halogens is 1. The molecule has 1 aromatic rings. The summed E-state index contributed by atoms with van der Waals surface area (Å²) in [7, 11) is 0. The van der Waals surface area contributed by atoms with Crippen molar-refractivity contribution in [3.05, 3.63) is 28.2 Å². The lowest BCUT2D eigenvalue weighted by Gasteiger charge is -2.35. The van der Waals surface area contributed by atoms with Crippen LogP contribution in [0.25, 0.3) is 0 Å². The maximum absolute atomic E-state index is 5.77. The number of hydrogen-bond acceptors (Lipinski definition) is 3. The van der Waals surface area contributed by atoms with Gasteiger partial charge in [-0.05, 0) is 43.5 Å². The van der Waals surface area contributed by atoms with Crippen LogP contribution in [0.2, 0.25) is 0 Å². The predicted molar refractivity (Wildman–Crippen MR) is 73.8 cm³/mol. The Morgan fingerprint density at radius 2 is 2.24 bits per heavy atom. The molecule has 1 saturated carbocycles. The van der Waals surface area contributed by atoms with Gasteiger partial charge in [-0.3, -0.25) is 0 Å². The first kappa shape index (κ1) is 12.9. The number of anilines is 1. The quantitative estimate of drug-likeness (QED) is 0.822. The van der Waals surface area contributed by atoms with E-state index in [1.807, 2.05) is 25.1 Å². The lowest BCUT2D eigenvalue weighted by molar-refractivity contribution is -0.0102. The minimum atomic E-state index is 0.460. The van der Waals surface area contributed by atoms with Crippen LogP contribution in [0.15, 0.2) is 22.7 Å². The van der Waals surface area contributed by atoms with Crippen molar-refractivity contribution in [2.45, 2.75) is 38.5 Å². The summed E-state index contributed by atoms with van der Waals surface area (Å²) in [5.74, 6) is 0. The van der Waals surface area contributed by atoms with E-state index < -0.39 is 0 Å². The SMILES string of the molecule is CCOC1CC(NCc2cc(N)ccc2Br)C1. The van der Waals surface area contributed by atoms with E-state index in [2.05, 4.69) is 21.2 Å². The fourth-order valence-electron chi connectivity index (χ4n) is 2.09. The zero-order valence-electron chi connectivity index (χ0n) is 10.1. The molecule has 0 unspecified atom stereocenters. The molecule has 1 aliphatic rings. The lowest BCUT2D eigenvalue weighted by atomic mass is 9.89. The number of hydrogen-bond donors (Lipinski definition) is 2. The van der Waals surface area contributed by atoms with Gasteiger partial charge in [0.25, 0.3) is 0 Å². The zero-order chi connectivity index (χ0) is 12.3. The van der Waals surface area contributed by atoms with Gasteiger partial charge in [0.05, 0.1) is 6.10 Å². The molecule has 0 radical (unpaired) electrons. The van der Waals surface area contributed by atoms with Crippen LogP contribution < -0.4 is 11.1 Å². The highest BCUT2D eigenvalue weighted by molar-refractivity contribution is 9.10. The molecule has 0 heterocycles. The van der Waals surface area contributed by atoms with Crippen LogP contribution in [0.1, 0.15) is 25.3 Å². The van der Waals surface area contributed by atoms with E-state index in [1.54, 1.807) is 0 Å². The van der Waals surface area contributed by atoms with Crippen LogP contribution in [0.4, 0.5) is 5.69 Å². The van der Waals surface area contributed by atoms with Gasteiger partial charge in [0.2, 0.25) is 0 Å². The number of ether oxygens (including phenoxy) is 1. The van der Waals surface area contributed by atoms with Gasteiger partial charge < -0.3 is 15.8 Å². The third-order valence-corrected chi connectivity index (χ3v) is 3.92. The van der Waals surface area contributed by atoms with E-state index in [-0.39, 0.29) is 0 Å². The van der Waals surface area contributed by atoms with Crippen LogP contribution in [-0.2, 0) is 11.3 Å². The Morgan fingerprint density at radius 3 is 2.94 bits per heavy atom. The van der Waals surface area contributed by atoms with Gasteiger partial charge in [0, 0.05) is 29.4 Å². The minimum absolute atomic E-state index is 0.460. The van der Waals surface area contributed by atoms with E-state index in [0.717, 1.165) is 36.2 Å². The Bertz CT molecular complexity index is 378. The van der Waals surface area contributed by atoms with Crippen molar-refractivity contribution in [3.63, 3.8) is 0 Å². The molecule has 0 atom stereocenters. The number of nitrogens with one attached hydrogen (secondary N) is 1. The van der Waals surface area contributed by atoms with Crippen molar-refractivity contribution in [1.29, 1.82) is 0 Å². The largest absolute Gasteiger partial charge is 0.399 e. The van der Waals surface area contributed by atoms with Crippen molar-refractivity contribution in [2.75, 3.05) is 12.3 Å². The average molecular weight is 299 g/mol. The first-order valence-corrected chi connectivity index (χ1v) is 6.87. The van der Waals surface area contributed by atoms with Crippen LogP contribution in [-0.4, -0.2) is 18.8 Å². The van der Waals surface area contributed by atoms with Gasteiger partial charge in [0.1, 0.15) is 0 Å². The third-order valence-electron chi connectivity index (χ3n) is 3.15. The van der Waals surface area contributed by atoms with E-state index in [1.165, 1.54) is 5.56 Å². The number of nitrogen functional groups attached to an aromatic ring is 1. The molecule has 1 fully saturated rings. The molecular formula is C13H19BrN2O. The molecule has 4 heteroatoms. The van der Waals surface area contributed by atoms with E-state index in [4.69, 9.17) is 10.5 Å². The monoisotopic (exact) mass is 298 g/mol. The second-order valence-electron chi connectivity index (χ2n) is 4.48. The Kier molecular flexibility index (Phi) is 4.42. The zero-order valence-corrected chi connectivity index (χ0v) is 11.7. The minimum Gasteiger partial charge on any atom is -0.399 e. The second-order valence-corrected chi connectivity index (χ2v) is 5.33. The van der Waals surface area contributed by atoms with Gasteiger partial charge in [-0.25, -0.2) is 0 Å². The summed E-state index contributed by atoms with van der Waals surface area (Å²) in [5, 5.41) is 3.53. The van der Waals surface area contributed by atoms with Gasteiger partial charge in [0.15, 0.2) is 0 Å². The smallest absolute Gasteiger partial charge is 0.0604 e. The summed E-state index contributed by atoms with van der Waals surface area (Å²) >= 11 is 3.54. The van der Waals surface area contributed by atoms with Crippen molar-refractivity contribution >= 4 is 21.6 Å². The molecule has 0 aliphatic heterocycles. The molecule has 94 valence electrons. The van der Waals surface area contributed by atoms with E-state index in [9.17, 15) is 0 Å². The molecule has 17 heavy (non-hydrogen) atoms. The van der Waals surface area contributed by atoms with E-state index in [0.29, 0.717) is 12.1 Å². The first-order chi connectivity index (χ1) is 8.19. The maximum atomic E-state index is 5.77. The Morgan fingerprint density at radius 1 is 1.47 bits per heavy atom. The molecule has 2 rings (SSSR count). The maximum Gasteiger partial charge on any atom is 0.0604 e. The number of benzene rings is 1. The molecule has 1 aromatic carbocycles. The molecule has 0 spiro atoms. The van der Waals surface area contributed by atoms with Crippen LogP contribution in [0, 0.1) is 0 Å². The van der Waals surface area contributed by atoms with Crippen molar-refractivity contribution < 1.29 is 4.74 Å². The van der Waals surface area contributed by atoms with Gasteiger partial charge in [-0.1, -0.05) is 15.9 Å². The standard InChI is InChI=1S/C13H19BrN2O/c1-2-17-12-6-11(7-12)16-8-9-5-10(15)3-4-13(9)14/h3-5,11-12,16H,2,6-8,15H2,1H3. The second kappa shape index (κ2) is 5.85. The first-order valence-electron chi connectivity index (χ1n) is 6.08. The van der Waals surface area contributed by atoms with E-state index >= 15 is 0 Å². The summed E-state index contributed by atoms with van der Waals surface area (Å²) in [6.07, 6.45) is 2.70.